The number of benzene rings is 3. The molecule has 0 fully saturated rings. The van der Waals surface area contributed by atoms with Gasteiger partial charge < -0.3 is 0 Å². The van der Waals surface area contributed by atoms with Gasteiger partial charge in [0.2, 0.25) is 5.78 Å². The van der Waals surface area contributed by atoms with Crippen molar-refractivity contribution >= 4 is 16.6 Å². The van der Waals surface area contributed by atoms with Crippen LogP contribution in [0.3, 0.4) is 0 Å². The first kappa shape index (κ1) is 15.2. The first-order valence-electron chi connectivity index (χ1n) is 8.23. The van der Waals surface area contributed by atoms with Crippen LogP contribution in [0.1, 0.15) is 21.6 Å². The van der Waals surface area contributed by atoms with Crippen molar-refractivity contribution in [3.63, 3.8) is 0 Å². The monoisotopic (exact) mass is 325 g/mol. The molecule has 1 aromatic heterocycles. The zero-order valence-electron chi connectivity index (χ0n) is 13.7. The Morgan fingerprint density at radius 3 is 2.52 bits per heavy atom. The van der Waals surface area contributed by atoms with Gasteiger partial charge in [0.1, 0.15) is 0 Å². The van der Waals surface area contributed by atoms with Crippen LogP contribution in [-0.4, -0.2) is 10.8 Å². The summed E-state index contributed by atoms with van der Waals surface area (Å²) < 4.78 is 1.99. The topological polar surface area (TPSA) is 33.8 Å². The van der Waals surface area contributed by atoms with Crippen molar-refractivity contribution in [2.75, 3.05) is 0 Å². The van der Waals surface area contributed by atoms with Crippen molar-refractivity contribution in [3.05, 3.63) is 108 Å². The number of carbonyl (C=O) groups excluding carboxylic acids is 1. The predicted molar refractivity (Wildman–Crippen MR) is 97.4 cm³/mol. The van der Waals surface area contributed by atoms with E-state index < -0.39 is 0 Å². The highest BCUT2D eigenvalue weighted by molar-refractivity contribution is 6.15. The zero-order chi connectivity index (χ0) is 17.1. The maximum Gasteiger partial charge on any atom is 0.218 e. The lowest BCUT2D eigenvalue weighted by Crippen LogP contribution is -2.35. The molecule has 0 bridgehead atoms. The summed E-state index contributed by atoms with van der Waals surface area (Å²) in [6, 6.07) is 23.9. The van der Waals surface area contributed by atoms with Gasteiger partial charge in [0, 0.05) is 11.1 Å². The fourth-order valence-electron chi connectivity index (χ4n) is 3.00. The molecule has 0 spiro atoms. The third-order valence-electron chi connectivity index (χ3n) is 4.23. The first-order valence-corrected chi connectivity index (χ1v) is 8.23. The van der Waals surface area contributed by atoms with Crippen LogP contribution in [0.5, 0.6) is 0 Å². The number of rotatable bonds is 4. The summed E-state index contributed by atoms with van der Waals surface area (Å²) in [5.41, 5.74) is 2.32. The second-order valence-electron chi connectivity index (χ2n) is 5.96. The average molecular weight is 325 g/mol. The summed E-state index contributed by atoms with van der Waals surface area (Å²) in [4.78, 5) is 17.3. The molecule has 0 radical (unpaired) electrons. The second-order valence-corrected chi connectivity index (χ2v) is 5.96. The molecule has 0 aliphatic heterocycles. The number of hydrogen-bond acceptors (Lipinski definition) is 2. The largest absolute Gasteiger partial charge is 0.287 e. The molecule has 25 heavy (non-hydrogen) atoms. The van der Waals surface area contributed by atoms with Gasteiger partial charge in [0.25, 0.3) is 0 Å². The quantitative estimate of drug-likeness (QED) is 0.422. The molecule has 1 heterocycles. The molecule has 3 nitrogen and oxygen atoms in total. The van der Waals surface area contributed by atoms with E-state index in [-0.39, 0.29) is 5.78 Å². The van der Waals surface area contributed by atoms with Crippen molar-refractivity contribution in [3.8, 4) is 0 Å². The number of hydrogen-bond donors (Lipinski definition) is 0. The first-order chi connectivity index (χ1) is 12.3. The van der Waals surface area contributed by atoms with E-state index in [1.54, 1.807) is 6.20 Å². The summed E-state index contributed by atoms with van der Waals surface area (Å²) in [5, 5.41) is 2.01. The molecule has 120 valence electrons. The fourth-order valence-corrected chi connectivity index (χ4v) is 3.00. The highest BCUT2D eigenvalue weighted by atomic mass is 16.1. The minimum atomic E-state index is -0.0563. The van der Waals surface area contributed by atoms with Crippen molar-refractivity contribution < 1.29 is 9.36 Å². The Hall–Kier alpha value is -3.33. The van der Waals surface area contributed by atoms with Crippen molar-refractivity contribution in [1.29, 1.82) is 0 Å². The third kappa shape index (κ3) is 3.17. The smallest absolute Gasteiger partial charge is 0.218 e. The van der Waals surface area contributed by atoms with Crippen molar-refractivity contribution in [2.45, 2.75) is 6.54 Å². The van der Waals surface area contributed by atoms with Crippen LogP contribution in [0.2, 0.25) is 0 Å². The van der Waals surface area contributed by atoms with E-state index in [9.17, 15) is 4.79 Å². The van der Waals surface area contributed by atoms with Crippen molar-refractivity contribution in [2.24, 2.45) is 0 Å². The minimum absolute atomic E-state index is 0.0563. The Morgan fingerprint density at radius 1 is 0.880 bits per heavy atom. The summed E-state index contributed by atoms with van der Waals surface area (Å²) in [6.07, 6.45) is 5.38. The van der Waals surface area contributed by atoms with Gasteiger partial charge in [-0.15, -0.1) is 0 Å². The summed E-state index contributed by atoms with van der Waals surface area (Å²) in [5.74, 6) is -0.0563. The Bertz CT molecular complexity index is 1040. The third-order valence-corrected chi connectivity index (χ3v) is 4.23. The van der Waals surface area contributed by atoms with Crippen LogP contribution in [0.25, 0.3) is 10.8 Å². The van der Waals surface area contributed by atoms with Gasteiger partial charge in [-0.2, -0.15) is 4.57 Å². The minimum Gasteiger partial charge on any atom is -0.287 e. The Morgan fingerprint density at radius 2 is 1.64 bits per heavy atom. The second kappa shape index (κ2) is 6.65. The van der Waals surface area contributed by atoms with Crippen LogP contribution in [0.4, 0.5) is 0 Å². The van der Waals surface area contributed by atoms with Gasteiger partial charge in [-0.1, -0.05) is 72.8 Å². The van der Waals surface area contributed by atoms with Crippen LogP contribution >= 0.6 is 0 Å². The lowest BCUT2D eigenvalue weighted by molar-refractivity contribution is -0.689. The van der Waals surface area contributed by atoms with Crippen LogP contribution < -0.4 is 4.57 Å². The molecule has 0 saturated heterocycles. The van der Waals surface area contributed by atoms with E-state index in [1.807, 2.05) is 77.6 Å². The molecule has 0 atom stereocenters. The van der Waals surface area contributed by atoms with Crippen LogP contribution in [0.15, 0.2) is 91.4 Å². The van der Waals surface area contributed by atoms with E-state index in [1.165, 1.54) is 5.56 Å². The van der Waals surface area contributed by atoms with Gasteiger partial charge in [-0.05, 0) is 10.8 Å². The average Bonchev–Trinajstić information content (AvgIpc) is 2.68. The Balaban J connectivity index is 1.69. The number of nitrogens with zero attached hydrogens (tertiary/aromatic N) is 2. The molecular weight excluding hydrogens is 308 g/mol. The highest BCUT2D eigenvalue weighted by Gasteiger charge is 2.17. The maximum atomic E-state index is 13.0. The molecule has 0 aliphatic rings. The van der Waals surface area contributed by atoms with Gasteiger partial charge in [-0.3, -0.25) is 4.79 Å². The SMILES string of the molecule is O=C(c1c[n+](Cc2ccccc2)ccn1)c1cccc2ccccc12. The fraction of sp³-hybridized carbons (Fsp3) is 0.0455. The Labute approximate surface area is 146 Å². The predicted octanol–water partition coefficient (Wildman–Crippen LogP) is 3.80. The van der Waals surface area contributed by atoms with E-state index in [4.69, 9.17) is 0 Å². The lowest BCUT2D eigenvalue weighted by Gasteiger charge is -2.05. The summed E-state index contributed by atoms with van der Waals surface area (Å²) in [6.45, 7) is 0.708. The molecule has 0 amide bonds. The van der Waals surface area contributed by atoms with Gasteiger partial charge in [0.15, 0.2) is 24.6 Å². The van der Waals surface area contributed by atoms with E-state index in [0.29, 0.717) is 17.8 Å². The molecule has 3 heteroatoms. The number of fused-ring (bicyclic) bond motifs is 1. The zero-order valence-corrected chi connectivity index (χ0v) is 13.7. The van der Waals surface area contributed by atoms with E-state index in [0.717, 1.165) is 10.8 Å². The highest BCUT2D eigenvalue weighted by Crippen LogP contribution is 2.20. The molecule has 0 N–H and O–H groups in total. The molecule has 4 aromatic rings. The summed E-state index contributed by atoms with van der Waals surface area (Å²) >= 11 is 0. The van der Waals surface area contributed by atoms with Crippen LogP contribution in [-0.2, 0) is 6.54 Å². The number of carbonyl (C=O) groups is 1. The van der Waals surface area contributed by atoms with E-state index in [2.05, 4.69) is 17.1 Å². The standard InChI is InChI=1S/C22H17N2O/c25-22(20-12-6-10-18-9-4-5-11-19(18)20)21-16-24(14-13-23-21)15-17-7-2-1-3-8-17/h1-14,16H,15H2/q+1. The number of aromatic nitrogens is 2. The normalized spacial score (nSPS) is 10.7. The summed E-state index contributed by atoms with van der Waals surface area (Å²) in [7, 11) is 0. The molecule has 4 rings (SSSR count). The molecule has 0 unspecified atom stereocenters. The van der Waals surface area contributed by atoms with Crippen molar-refractivity contribution in [1.82, 2.24) is 4.98 Å². The van der Waals surface area contributed by atoms with Crippen LogP contribution in [0, 0.1) is 0 Å². The number of ketones is 1. The molecular formula is C22H17N2O+. The van der Waals surface area contributed by atoms with Gasteiger partial charge in [-0.25, -0.2) is 4.98 Å². The van der Waals surface area contributed by atoms with E-state index >= 15 is 0 Å². The van der Waals surface area contributed by atoms with Gasteiger partial charge in [0.05, 0.1) is 6.20 Å². The van der Waals surface area contributed by atoms with Gasteiger partial charge >= 0.3 is 0 Å². The molecule has 0 saturated carbocycles. The lowest BCUT2D eigenvalue weighted by atomic mass is 10.00. The Kier molecular flexibility index (Phi) is 4.05. The molecule has 0 aliphatic carbocycles. The maximum absolute atomic E-state index is 13.0. The molecule has 3 aromatic carbocycles.